The van der Waals surface area contributed by atoms with Gasteiger partial charge in [0.25, 0.3) is 0 Å². The minimum Gasteiger partial charge on any atom is -0.496 e. The molecule has 0 radical (unpaired) electrons. The maximum atomic E-state index is 12.2. The normalized spacial score (nSPS) is 14.0. The van der Waals surface area contributed by atoms with Crippen LogP contribution in [0, 0.1) is 11.8 Å². The van der Waals surface area contributed by atoms with E-state index in [1.54, 1.807) is 19.1 Å². The molecule has 126 valence electrons. The Hall–Kier alpha value is -2.28. The molecule has 0 N–H and O–H groups in total. The first kappa shape index (κ1) is 20.7. The molecule has 0 heterocycles. The maximum absolute atomic E-state index is 12.2. The third-order valence-electron chi connectivity index (χ3n) is 3.59. The van der Waals surface area contributed by atoms with Gasteiger partial charge in [-0.25, -0.2) is 0 Å². The highest BCUT2D eigenvalue weighted by atomic mass is 16.5. The molecule has 1 aliphatic rings. The van der Waals surface area contributed by atoms with Crippen LogP contribution in [0.25, 0.3) is 0 Å². The molecule has 23 heavy (non-hydrogen) atoms. The number of ether oxygens (including phenoxy) is 2. The van der Waals surface area contributed by atoms with Crippen molar-refractivity contribution in [2.24, 2.45) is 0 Å². The first-order valence-electron chi connectivity index (χ1n) is 6.86. The van der Waals surface area contributed by atoms with Crippen LogP contribution in [0.3, 0.4) is 0 Å². The molecule has 0 spiro atoms. The lowest BCUT2D eigenvalue weighted by Gasteiger charge is -2.23. The molecule has 4 nitrogen and oxygen atoms in total. The topological polar surface area (TPSA) is 52.6 Å². The number of Topliss-reactive ketones (excluding diaryl/α,β-unsaturated/α-hetero) is 2. The summed E-state index contributed by atoms with van der Waals surface area (Å²) in [5, 5.41) is 0. The van der Waals surface area contributed by atoms with Gasteiger partial charge >= 0.3 is 0 Å². The van der Waals surface area contributed by atoms with E-state index in [1.165, 1.54) is 14.2 Å². The Morgan fingerprint density at radius 1 is 1.00 bits per heavy atom. The summed E-state index contributed by atoms with van der Waals surface area (Å²) in [6.07, 6.45) is 1.46. The Bertz CT molecular complexity index is 594. The van der Waals surface area contributed by atoms with E-state index in [9.17, 15) is 9.59 Å². The van der Waals surface area contributed by atoms with Crippen molar-refractivity contribution in [3.8, 4) is 23.3 Å². The molecule has 1 saturated carbocycles. The van der Waals surface area contributed by atoms with Crippen LogP contribution in [0.5, 0.6) is 11.5 Å². The lowest BCUT2D eigenvalue weighted by molar-refractivity contribution is -0.131. The fourth-order valence-corrected chi connectivity index (χ4v) is 2.67. The van der Waals surface area contributed by atoms with Crippen molar-refractivity contribution in [2.45, 2.75) is 47.0 Å². The smallest absolute Gasteiger partial charge is 0.148 e. The number of benzene rings is 1. The number of rotatable bonds is 3. The summed E-state index contributed by atoms with van der Waals surface area (Å²) < 4.78 is 10.7. The van der Waals surface area contributed by atoms with Gasteiger partial charge in [0.1, 0.15) is 29.0 Å². The van der Waals surface area contributed by atoms with Crippen molar-refractivity contribution < 1.29 is 19.1 Å². The molecule has 0 aromatic heterocycles. The van der Waals surface area contributed by atoms with E-state index in [0.717, 1.165) is 5.56 Å². The van der Waals surface area contributed by atoms with E-state index in [1.807, 2.05) is 0 Å². The van der Waals surface area contributed by atoms with Crippen LogP contribution >= 0.6 is 0 Å². The molecule has 0 bridgehead atoms. The Morgan fingerprint density at radius 3 is 1.87 bits per heavy atom. The fraction of sp³-hybridized carbons (Fsp3) is 0.474. The second-order valence-corrected chi connectivity index (χ2v) is 4.89. The van der Waals surface area contributed by atoms with Crippen molar-refractivity contribution in [2.75, 3.05) is 14.2 Å². The zero-order valence-corrected chi connectivity index (χ0v) is 12.5. The second-order valence-electron chi connectivity index (χ2n) is 4.89. The van der Waals surface area contributed by atoms with Crippen molar-refractivity contribution in [1.82, 2.24) is 0 Å². The first-order chi connectivity index (χ1) is 10.1. The third kappa shape index (κ3) is 4.13. The maximum Gasteiger partial charge on any atom is 0.148 e. The summed E-state index contributed by atoms with van der Waals surface area (Å²) in [5.74, 6) is 5.75. The highest BCUT2D eigenvalue weighted by molar-refractivity contribution is 6.10. The minimum atomic E-state index is -0.785. The zero-order valence-electron chi connectivity index (χ0n) is 12.5. The molecule has 0 aliphatic heterocycles. The largest absolute Gasteiger partial charge is 0.496 e. The SMILES string of the molecule is C.C.CC#Cc1cc(OC)c(C2C(=O)CCCC2=O)c(OC)c1. The summed E-state index contributed by atoms with van der Waals surface area (Å²) in [5.41, 5.74) is 1.25. The van der Waals surface area contributed by atoms with Gasteiger partial charge in [-0.2, -0.15) is 0 Å². The van der Waals surface area contributed by atoms with E-state index in [0.29, 0.717) is 36.3 Å². The van der Waals surface area contributed by atoms with Gasteiger partial charge in [-0.05, 0) is 25.5 Å². The molecule has 1 fully saturated rings. The molecular weight excluding hydrogens is 292 g/mol. The number of ketones is 2. The van der Waals surface area contributed by atoms with E-state index >= 15 is 0 Å². The zero-order chi connectivity index (χ0) is 15.4. The van der Waals surface area contributed by atoms with Crippen molar-refractivity contribution in [1.29, 1.82) is 0 Å². The van der Waals surface area contributed by atoms with Crippen molar-refractivity contribution >= 4 is 11.6 Å². The van der Waals surface area contributed by atoms with E-state index in [4.69, 9.17) is 9.47 Å². The number of carbonyl (C=O) groups excluding carboxylic acids is 2. The van der Waals surface area contributed by atoms with Crippen LogP contribution < -0.4 is 9.47 Å². The number of carbonyl (C=O) groups is 2. The molecule has 2 rings (SSSR count). The lowest BCUT2D eigenvalue weighted by Crippen LogP contribution is -2.27. The average Bonchev–Trinajstić information content (AvgIpc) is 2.47. The van der Waals surface area contributed by atoms with Gasteiger partial charge in [-0.1, -0.05) is 20.8 Å². The summed E-state index contributed by atoms with van der Waals surface area (Å²) in [6.45, 7) is 1.74. The summed E-state index contributed by atoms with van der Waals surface area (Å²) >= 11 is 0. The highest BCUT2D eigenvalue weighted by Gasteiger charge is 2.36. The summed E-state index contributed by atoms with van der Waals surface area (Å²) in [4.78, 5) is 24.4. The molecular formula is C19H26O4. The fourth-order valence-electron chi connectivity index (χ4n) is 2.67. The Labute approximate surface area is 139 Å². The van der Waals surface area contributed by atoms with Gasteiger partial charge in [0.15, 0.2) is 0 Å². The van der Waals surface area contributed by atoms with Crippen LogP contribution in [-0.2, 0) is 9.59 Å². The van der Waals surface area contributed by atoms with Gasteiger partial charge in [0.05, 0.1) is 19.8 Å². The van der Waals surface area contributed by atoms with Crippen LogP contribution in [0.15, 0.2) is 12.1 Å². The van der Waals surface area contributed by atoms with Gasteiger partial charge in [-0.3, -0.25) is 9.59 Å². The molecule has 1 aromatic rings. The van der Waals surface area contributed by atoms with Crippen LogP contribution in [0.1, 0.15) is 58.1 Å². The average molecular weight is 318 g/mol. The molecule has 4 heteroatoms. The highest BCUT2D eigenvalue weighted by Crippen LogP contribution is 2.40. The van der Waals surface area contributed by atoms with Gasteiger partial charge in [0.2, 0.25) is 0 Å². The minimum absolute atomic E-state index is 0. The molecule has 0 unspecified atom stereocenters. The summed E-state index contributed by atoms with van der Waals surface area (Å²) in [6, 6.07) is 3.48. The van der Waals surface area contributed by atoms with E-state index in [2.05, 4.69) is 11.8 Å². The lowest BCUT2D eigenvalue weighted by atomic mass is 9.80. The third-order valence-corrected chi connectivity index (χ3v) is 3.59. The first-order valence-corrected chi connectivity index (χ1v) is 6.86. The van der Waals surface area contributed by atoms with Crippen molar-refractivity contribution in [3.63, 3.8) is 0 Å². The molecule has 0 atom stereocenters. The Kier molecular flexibility index (Phi) is 8.10. The van der Waals surface area contributed by atoms with Crippen LogP contribution in [-0.4, -0.2) is 25.8 Å². The number of hydrogen-bond donors (Lipinski definition) is 0. The van der Waals surface area contributed by atoms with Crippen LogP contribution in [0.4, 0.5) is 0 Å². The quantitative estimate of drug-likeness (QED) is 0.629. The molecule has 1 aliphatic carbocycles. The molecule has 1 aromatic carbocycles. The Balaban J connectivity index is 0.00000242. The van der Waals surface area contributed by atoms with Gasteiger partial charge < -0.3 is 9.47 Å². The number of hydrogen-bond acceptors (Lipinski definition) is 4. The Morgan fingerprint density at radius 2 is 1.48 bits per heavy atom. The van der Waals surface area contributed by atoms with E-state index in [-0.39, 0.29) is 26.4 Å². The van der Waals surface area contributed by atoms with Crippen LogP contribution in [0.2, 0.25) is 0 Å². The number of methoxy groups -OCH3 is 2. The van der Waals surface area contributed by atoms with Gasteiger partial charge in [-0.15, -0.1) is 5.92 Å². The van der Waals surface area contributed by atoms with Crippen molar-refractivity contribution in [3.05, 3.63) is 23.3 Å². The molecule has 0 amide bonds. The predicted molar refractivity (Wildman–Crippen MR) is 92.2 cm³/mol. The predicted octanol–water partition coefficient (Wildman–Crippen LogP) is 3.75. The molecule has 0 saturated heterocycles. The second kappa shape index (κ2) is 8.99. The monoisotopic (exact) mass is 318 g/mol. The van der Waals surface area contributed by atoms with Gasteiger partial charge in [0, 0.05) is 18.4 Å². The summed E-state index contributed by atoms with van der Waals surface area (Å²) in [7, 11) is 3.03. The standard InChI is InChI=1S/C17H18O4.2CH4/c1-4-6-11-9-14(20-2)17(15(10-11)21-3)16-12(18)7-5-8-13(16)19;;/h9-10,16H,5,7-8H2,1-3H3;2*1H4. The van der Waals surface area contributed by atoms with E-state index < -0.39 is 5.92 Å².